The summed E-state index contributed by atoms with van der Waals surface area (Å²) in [6, 6.07) is 3.39. The minimum absolute atomic E-state index is 0.0912. The van der Waals surface area contributed by atoms with Gasteiger partial charge in [0.2, 0.25) is 11.6 Å². The van der Waals surface area contributed by atoms with E-state index >= 15 is 0 Å². The topological polar surface area (TPSA) is 110 Å². The minimum atomic E-state index is -0.485. The van der Waals surface area contributed by atoms with E-state index in [9.17, 15) is 9.90 Å². The van der Waals surface area contributed by atoms with Crippen molar-refractivity contribution in [3.8, 4) is 23.1 Å². The van der Waals surface area contributed by atoms with E-state index in [0.29, 0.717) is 29.4 Å². The first-order valence-corrected chi connectivity index (χ1v) is 8.46. The summed E-state index contributed by atoms with van der Waals surface area (Å²) >= 11 is 4.99. The van der Waals surface area contributed by atoms with Crippen LogP contribution in [-0.2, 0) is 7.05 Å². The lowest BCUT2D eigenvalue weighted by Gasteiger charge is -2.17. The minimum Gasteiger partial charge on any atom is -0.494 e. The predicted molar refractivity (Wildman–Crippen MR) is 102 cm³/mol. The van der Waals surface area contributed by atoms with Crippen LogP contribution in [-0.4, -0.2) is 41.7 Å². The molecule has 10 heteroatoms. The molecule has 0 aliphatic carbocycles. The molecule has 27 heavy (non-hydrogen) atoms. The fourth-order valence-electron chi connectivity index (χ4n) is 2.96. The van der Waals surface area contributed by atoms with Crippen LogP contribution in [0.25, 0.3) is 0 Å². The van der Waals surface area contributed by atoms with Gasteiger partial charge in [-0.05, 0) is 29.9 Å². The second-order valence-corrected chi connectivity index (χ2v) is 6.31. The summed E-state index contributed by atoms with van der Waals surface area (Å²) in [7, 11) is 6.18. The van der Waals surface area contributed by atoms with Crippen molar-refractivity contribution < 1.29 is 19.3 Å². The average Bonchev–Trinajstić information content (AvgIpc) is 3.14. The van der Waals surface area contributed by atoms with Gasteiger partial charge in [-0.15, -0.1) is 0 Å². The zero-order chi connectivity index (χ0) is 19.7. The Kier molecular flexibility index (Phi) is 5.08. The lowest BCUT2D eigenvalue weighted by Crippen LogP contribution is -2.21. The summed E-state index contributed by atoms with van der Waals surface area (Å²) in [5.41, 5.74) is 3.86. The third-order valence-corrected chi connectivity index (χ3v) is 4.80. The maximum Gasteiger partial charge on any atom is 0.264 e. The number of aromatic amines is 1. The number of benzene rings is 1. The molecule has 3 N–H and O–H groups in total. The number of H-pyrrole nitrogens is 1. The molecule has 1 aromatic carbocycles. The molecule has 0 saturated heterocycles. The molecule has 1 aliphatic heterocycles. The van der Waals surface area contributed by atoms with Gasteiger partial charge in [0.25, 0.3) is 5.56 Å². The molecule has 144 valence electrons. The van der Waals surface area contributed by atoms with Crippen LogP contribution in [0.5, 0.6) is 23.1 Å². The van der Waals surface area contributed by atoms with Gasteiger partial charge in [-0.25, -0.2) is 0 Å². The zero-order valence-electron chi connectivity index (χ0n) is 15.3. The van der Waals surface area contributed by atoms with Crippen molar-refractivity contribution in [2.24, 2.45) is 12.1 Å². The molecule has 0 saturated carbocycles. The van der Waals surface area contributed by atoms with Crippen LogP contribution in [0.1, 0.15) is 23.6 Å². The quantitative estimate of drug-likeness (QED) is 0.663. The van der Waals surface area contributed by atoms with Crippen LogP contribution in [0.4, 0.5) is 0 Å². The summed E-state index contributed by atoms with van der Waals surface area (Å²) in [5, 5.41) is 14.6. The number of hydrazone groups is 1. The Hall–Kier alpha value is -3.01. The van der Waals surface area contributed by atoms with Crippen molar-refractivity contribution >= 4 is 17.9 Å². The summed E-state index contributed by atoms with van der Waals surface area (Å²) < 4.78 is 17.5. The highest BCUT2D eigenvalue weighted by molar-refractivity contribution is 7.71. The molecule has 2 aromatic rings. The predicted octanol–water partition coefficient (Wildman–Crippen LogP) is 1.61. The van der Waals surface area contributed by atoms with Crippen molar-refractivity contribution in [2.75, 3.05) is 21.3 Å². The Bertz CT molecular complexity index is 1000. The van der Waals surface area contributed by atoms with Gasteiger partial charge in [-0.3, -0.25) is 14.3 Å². The van der Waals surface area contributed by atoms with Crippen molar-refractivity contribution in [1.82, 2.24) is 15.0 Å². The van der Waals surface area contributed by atoms with E-state index in [4.69, 9.17) is 26.4 Å². The highest BCUT2D eigenvalue weighted by Crippen LogP contribution is 2.41. The van der Waals surface area contributed by atoms with E-state index in [2.05, 4.69) is 15.5 Å². The molecular weight excluding hydrogens is 372 g/mol. The number of hydrogen-bond donors (Lipinski definition) is 3. The normalized spacial score (nSPS) is 15.9. The largest absolute Gasteiger partial charge is 0.494 e. The van der Waals surface area contributed by atoms with Crippen LogP contribution >= 0.6 is 12.2 Å². The van der Waals surface area contributed by atoms with Gasteiger partial charge < -0.3 is 24.7 Å². The Morgan fingerprint density at radius 3 is 2.41 bits per heavy atom. The third kappa shape index (κ3) is 3.23. The number of aromatic hydroxyl groups is 1. The summed E-state index contributed by atoms with van der Waals surface area (Å²) in [4.78, 5) is 14.8. The van der Waals surface area contributed by atoms with Gasteiger partial charge >= 0.3 is 0 Å². The van der Waals surface area contributed by atoms with Crippen LogP contribution in [0.15, 0.2) is 22.0 Å². The molecule has 1 atom stereocenters. The second-order valence-electron chi connectivity index (χ2n) is 5.92. The standard InChI is InChI=1S/C17H20N4O5S/c1-21-16(23)13(15(22)18-17(21)27)10-7-9(19-20-10)8-5-11(24-2)14(26-4)12(6-8)25-3/h5-6,9,19,23H,7H2,1-4H3,(H,18,22,27)/t9-/m1/s1. The number of ether oxygens (including phenoxy) is 3. The first-order chi connectivity index (χ1) is 12.9. The second kappa shape index (κ2) is 7.31. The smallest absolute Gasteiger partial charge is 0.264 e. The SMILES string of the molecule is COc1cc([C@H]2CC(c3c(O)n(C)c(=S)[nH]c3=O)=NN2)cc(OC)c1OC. The Morgan fingerprint density at radius 2 is 1.85 bits per heavy atom. The van der Waals surface area contributed by atoms with E-state index in [1.54, 1.807) is 21.3 Å². The first kappa shape index (κ1) is 18.8. The Labute approximate surface area is 160 Å². The molecular formula is C17H20N4O5S. The van der Waals surface area contributed by atoms with Gasteiger partial charge in [0, 0.05) is 13.5 Å². The monoisotopic (exact) mass is 392 g/mol. The van der Waals surface area contributed by atoms with E-state index in [0.717, 1.165) is 5.56 Å². The van der Waals surface area contributed by atoms with E-state index in [1.165, 1.54) is 11.7 Å². The zero-order valence-corrected chi connectivity index (χ0v) is 16.1. The third-order valence-electron chi connectivity index (χ3n) is 4.42. The summed E-state index contributed by atoms with van der Waals surface area (Å²) in [6.07, 6.45) is 0.381. The Morgan fingerprint density at radius 1 is 1.22 bits per heavy atom. The average molecular weight is 392 g/mol. The summed E-state index contributed by atoms with van der Waals surface area (Å²) in [5.74, 6) is 1.30. The highest BCUT2D eigenvalue weighted by Gasteiger charge is 2.28. The van der Waals surface area contributed by atoms with Gasteiger partial charge in [0.05, 0.1) is 33.1 Å². The van der Waals surface area contributed by atoms with Crippen molar-refractivity contribution in [3.63, 3.8) is 0 Å². The van der Waals surface area contributed by atoms with Gasteiger partial charge in [-0.2, -0.15) is 5.10 Å². The molecule has 1 aliphatic rings. The lowest BCUT2D eigenvalue weighted by atomic mass is 9.99. The van der Waals surface area contributed by atoms with Crippen LogP contribution in [0.3, 0.4) is 0 Å². The number of methoxy groups -OCH3 is 3. The molecule has 0 radical (unpaired) electrons. The van der Waals surface area contributed by atoms with Crippen molar-refractivity contribution in [1.29, 1.82) is 0 Å². The number of nitrogens with zero attached hydrogens (tertiary/aromatic N) is 2. The fraction of sp³-hybridized carbons (Fsp3) is 0.353. The van der Waals surface area contributed by atoms with Crippen LogP contribution < -0.4 is 25.2 Å². The van der Waals surface area contributed by atoms with Crippen molar-refractivity contribution in [3.05, 3.63) is 38.4 Å². The van der Waals surface area contributed by atoms with Crippen LogP contribution in [0, 0.1) is 4.77 Å². The molecule has 2 heterocycles. The molecule has 1 aromatic heterocycles. The maximum absolute atomic E-state index is 12.3. The van der Waals surface area contributed by atoms with Gasteiger partial charge in [-0.1, -0.05) is 0 Å². The van der Waals surface area contributed by atoms with E-state index in [-0.39, 0.29) is 22.3 Å². The number of aromatic nitrogens is 2. The van der Waals surface area contributed by atoms with E-state index < -0.39 is 5.56 Å². The van der Waals surface area contributed by atoms with Crippen LogP contribution in [0.2, 0.25) is 0 Å². The lowest BCUT2D eigenvalue weighted by molar-refractivity contribution is 0.323. The molecule has 0 amide bonds. The molecule has 0 fully saturated rings. The number of nitrogens with one attached hydrogen (secondary N) is 2. The molecule has 0 unspecified atom stereocenters. The Balaban J connectivity index is 1.96. The molecule has 9 nitrogen and oxygen atoms in total. The van der Waals surface area contributed by atoms with Gasteiger partial charge in [0.1, 0.15) is 5.56 Å². The molecule has 3 rings (SSSR count). The number of hydrogen-bond acceptors (Lipinski definition) is 8. The maximum atomic E-state index is 12.3. The fourth-order valence-corrected chi connectivity index (χ4v) is 3.14. The van der Waals surface area contributed by atoms with E-state index in [1.807, 2.05) is 12.1 Å². The molecule has 0 spiro atoms. The number of rotatable bonds is 5. The summed E-state index contributed by atoms with van der Waals surface area (Å²) in [6.45, 7) is 0. The van der Waals surface area contributed by atoms with Crippen molar-refractivity contribution in [2.45, 2.75) is 12.5 Å². The highest BCUT2D eigenvalue weighted by atomic mass is 32.1. The van der Waals surface area contributed by atoms with Gasteiger partial charge in [0.15, 0.2) is 16.3 Å². The molecule has 0 bridgehead atoms. The first-order valence-electron chi connectivity index (χ1n) is 8.05.